The van der Waals surface area contributed by atoms with Gasteiger partial charge in [-0.2, -0.15) is 13.2 Å². The number of ether oxygens (including phenoxy) is 1. The van der Waals surface area contributed by atoms with Crippen LogP contribution in [0.4, 0.5) is 13.2 Å². The summed E-state index contributed by atoms with van der Waals surface area (Å²) in [4.78, 5) is 48.0. The quantitative estimate of drug-likeness (QED) is 0.290. The van der Waals surface area contributed by atoms with Crippen molar-refractivity contribution in [1.82, 2.24) is 16.0 Å². The molecule has 2 rings (SSSR count). The van der Waals surface area contributed by atoms with Gasteiger partial charge in [-0.1, -0.05) is 42.5 Å². The number of amides is 3. The number of alkyl halides is 3. The van der Waals surface area contributed by atoms with E-state index in [1.807, 2.05) is 30.3 Å². The average molecular weight is 498 g/mol. The first-order chi connectivity index (χ1) is 16.7. The number of rotatable bonds is 8. The molecule has 3 amide bonds. The fourth-order valence-corrected chi connectivity index (χ4v) is 3.39. The topological polar surface area (TPSA) is 114 Å². The van der Waals surface area contributed by atoms with Gasteiger partial charge in [-0.15, -0.1) is 0 Å². The van der Waals surface area contributed by atoms with Gasteiger partial charge in [0.1, 0.15) is 6.61 Å². The predicted octanol–water partition coefficient (Wildman–Crippen LogP) is 2.71. The van der Waals surface area contributed by atoms with Crippen molar-refractivity contribution in [2.45, 2.75) is 50.7 Å². The molecule has 0 saturated carbocycles. The lowest BCUT2D eigenvalue weighted by molar-refractivity contribution is -0.173. The van der Waals surface area contributed by atoms with Gasteiger partial charge in [0.15, 0.2) is 0 Å². The number of benzene rings is 1. The lowest BCUT2D eigenvalue weighted by Crippen LogP contribution is -2.37. The van der Waals surface area contributed by atoms with Gasteiger partial charge >= 0.3 is 18.1 Å². The highest BCUT2D eigenvalue weighted by molar-refractivity contribution is 5.83. The number of carbonyl (C=O) groups excluding carboxylic acids is 4. The Kier molecular flexibility index (Phi) is 11.2. The summed E-state index contributed by atoms with van der Waals surface area (Å²) in [6.07, 6.45) is 0.147. The molecule has 0 radical (unpaired) electrons. The zero-order chi connectivity index (χ0) is 25.7. The molecule has 11 heteroatoms. The third-order valence-electron chi connectivity index (χ3n) is 5.29. The van der Waals surface area contributed by atoms with Crippen LogP contribution in [0.2, 0.25) is 0 Å². The maximum Gasteiger partial charge on any atom is 0.471 e. The molecular weight excluding hydrogens is 467 g/mol. The lowest BCUT2D eigenvalue weighted by atomic mass is 10.00. The van der Waals surface area contributed by atoms with Gasteiger partial charge in [-0.05, 0) is 31.2 Å². The highest BCUT2D eigenvalue weighted by Crippen LogP contribution is 2.18. The van der Waals surface area contributed by atoms with Crippen LogP contribution >= 0.6 is 0 Å². The Labute approximate surface area is 201 Å². The molecule has 1 aromatic carbocycles. The monoisotopic (exact) mass is 497 g/mol. The highest BCUT2D eigenvalue weighted by Gasteiger charge is 2.38. The van der Waals surface area contributed by atoms with E-state index in [4.69, 9.17) is 4.74 Å². The Balaban J connectivity index is 1.84. The van der Waals surface area contributed by atoms with Crippen molar-refractivity contribution in [3.63, 3.8) is 0 Å². The SMILES string of the molecule is O=C(C[C@@H]1C/C=C/CCC(=O)N[C@H](c2ccccc2)COC1=O)NCCCCNC(=O)C(F)(F)F. The number of halogens is 3. The average Bonchev–Trinajstić information content (AvgIpc) is 2.81. The molecule has 192 valence electrons. The standard InChI is InChI=1S/C24H30F3N3O5/c25-24(26,27)23(34)29-14-8-7-13-28-21(32)15-18-11-5-2-6-12-20(31)30-19(16-35-22(18)33)17-9-3-1-4-10-17/h1-5,9-10,18-19H,6-8,11-16H2,(H,28,32)(H,29,34)(H,30,31)/b5-2+/t18-,19-/m0/s1. The van der Waals surface area contributed by atoms with E-state index in [9.17, 15) is 32.3 Å². The smallest absolute Gasteiger partial charge is 0.463 e. The van der Waals surface area contributed by atoms with E-state index in [0.29, 0.717) is 12.8 Å². The van der Waals surface area contributed by atoms with E-state index in [1.165, 1.54) is 0 Å². The van der Waals surface area contributed by atoms with E-state index in [0.717, 1.165) is 5.56 Å². The number of nitrogens with one attached hydrogen (secondary N) is 3. The van der Waals surface area contributed by atoms with Gasteiger partial charge in [0.25, 0.3) is 0 Å². The predicted molar refractivity (Wildman–Crippen MR) is 121 cm³/mol. The molecule has 0 aromatic heterocycles. The first-order valence-electron chi connectivity index (χ1n) is 11.4. The van der Waals surface area contributed by atoms with Crippen molar-refractivity contribution in [3.8, 4) is 0 Å². The van der Waals surface area contributed by atoms with Crippen LogP contribution in [0.3, 0.4) is 0 Å². The molecule has 0 saturated heterocycles. The molecule has 1 aliphatic rings. The molecule has 0 bridgehead atoms. The van der Waals surface area contributed by atoms with E-state index in [1.54, 1.807) is 17.5 Å². The zero-order valence-corrected chi connectivity index (χ0v) is 19.2. The number of cyclic esters (lactones) is 1. The van der Waals surface area contributed by atoms with Crippen LogP contribution in [0, 0.1) is 5.92 Å². The van der Waals surface area contributed by atoms with Gasteiger partial charge in [0.05, 0.1) is 12.0 Å². The molecule has 0 unspecified atom stereocenters. The van der Waals surface area contributed by atoms with Crippen LogP contribution in [0.25, 0.3) is 0 Å². The number of unbranched alkanes of at least 4 members (excludes halogenated alkanes) is 1. The van der Waals surface area contributed by atoms with Gasteiger partial charge < -0.3 is 20.7 Å². The number of hydrogen-bond acceptors (Lipinski definition) is 5. The van der Waals surface area contributed by atoms with Crippen LogP contribution in [-0.2, 0) is 23.9 Å². The van der Waals surface area contributed by atoms with E-state index in [2.05, 4.69) is 10.6 Å². The summed E-state index contributed by atoms with van der Waals surface area (Å²) in [5.41, 5.74) is 0.793. The number of esters is 1. The van der Waals surface area contributed by atoms with Gasteiger partial charge in [0, 0.05) is 25.9 Å². The van der Waals surface area contributed by atoms with E-state index < -0.39 is 30.0 Å². The number of carbonyl (C=O) groups is 4. The van der Waals surface area contributed by atoms with Crippen LogP contribution < -0.4 is 16.0 Å². The summed E-state index contributed by atoms with van der Waals surface area (Å²) in [5.74, 6) is -3.82. The second-order valence-corrected chi connectivity index (χ2v) is 8.12. The Hall–Kier alpha value is -3.37. The summed E-state index contributed by atoms with van der Waals surface area (Å²) < 4.78 is 41.8. The van der Waals surface area contributed by atoms with Crippen molar-refractivity contribution in [2.75, 3.05) is 19.7 Å². The Morgan fingerprint density at radius 3 is 2.40 bits per heavy atom. The minimum Gasteiger partial charge on any atom is -0.463 e. The summed E-state index contributed by atoms with van der Waals surface area (Å²) in [6, 6.07) is 8.61. The molecule has 8 nitrogen and oxygen atoms in total. The molecule has 35 heavy (non-hydrogen) atoms. The molecule has 0 aliphatic carbocycles. The Morgan fingerprint density at radius 2 is 1.71 bits per heavy atom. The van der Waals surface area contributed by atoms with Gasteiger partial charge in [-0.25, -0.2) is 0 Å². The second kappa shape index (κ2) is 14.1. The highest BCUT2D eigenvalue weighted by atomic mass is 19.4. The molecule has 3 N–H and O–H groups in total. The first-order valence-corrected chi connectivity index (χ1v) is 11.4. The second-order valence-electron chi connectivity index (χ2n) is 8.12. The van der Waals surface area contributed by atoms with Crippen LogP contribution in [0.15, 0.2) is 42.5 Å². The molecule has 2 atom stereocenters. The van der Waals surface area contributed by atoms with Crippen molar-refractivity contribution in [3.05, 3.63) is 48.0 Å². The maximum atomic E-state index is 12.7. The minimum atomic E-state index is -4.92. The molecular formula is C24H30F3N3O5. The van der Waals surface area contributed by atoms with Gasteiger partial charge in [0.2, 0.25) is 11.8 Å². The van der Waals surface area contributed by atoms with Crippen LogP contribution in [-0.4, -0.2) is 49.6 Å². The molecule has 1 heterocycles. The zero-order valence-electron chi connectivity index (χ0n) is 19.2. The third kappa shape index (κ3) is 10.6. The first kappa shape index (κ1) is 27.9. The summed E-state index contributed by atoms with van der Waals surface area (Å²) >= 11 is 0. The molecule has 0 fully saturated rings. The van der Waals surface area contributed by atoms with Crippen molar-refractivity contribution in [2.24, 2.45) is 5.92 Å². The van der Waals surface area contributed by atoms with Gasteiger partial charge in [-0.3, -0.25) is 19.2 Å². The molecule has 0 spiro atoms. The molecule has 1 aromatic rings. The van der Waals surface area contributed by atoms with Crippen molar-refractivity contribution in [1.29, 1.82) is 0 Å². The maximum absolute atomic E-state index is 12.7. The fraction of sp³-hybridized carbons (Fsp3) is 0.500. The largest absolute Gasteiger partial charge is 0.471 e. The number of allylic oxidation sites excluding steroid dienone is 2. The normalized spacial score (nSPS) is 20.4. The van der Waals surface area contributed by atoms with E-state index >= 15 is 0 Å². The molecule has 1 aliphatic heterocycles. The lowest BCUT2D eigenvalue weighted by Gasteiger charge is -2.21. The third-order valence-corrected chi connectivity index (χ3v) is 5.29. The van der Waals surface area contributed by atoms with E-state index in [-0.39, 0.29) is 57.2 Å². The van der Waals surface area contributed by atoms with Crippen molar-refractivity contribution < 1.29 is 37.1 Å². The summed E-state index contributed by atoms with van der Waals surface area (Å²) in [5, 5.41) is 7.26. The summed E-state index contributed by atoms with van der Waals surface area (Å²) in [6.45, 7) is -0.0341. The van der Waals surface area contributed by atoms with Crippen LogP contribution in [0.5, 0.6) is 0 Å². The Morgan fingerprint density at radius 1 is 1.03 bits per heavy atom. The van der Waals surface area contributed by atoms with Crippen LogP contribution in [0.1, 0.15) is 50.1 Å². The van der Waals surface area contributed by atoms with Crippen molar-refractivity contribution >= 4 is 23.7 Å². The summed E-state index contributed by atoms with van der Waals surface area (Å²) in [7, 11) is 0. The fourth-order valence-electron chi connectivity index (χ4n) is 3.39. The Bertz CT molecular complexity index is 890. The minimum absolute atomic E-state index is 0.0694. The number of hydrogen-bond donors (Lipinski definition) is 3.